The summed E-state index contributed by atoms with van der Waals surface area (Å²) < 4.78 is 15.6. The predicted octanol–water partition coefficient (Wildman–Crippen LogP) is 1.82. The number of fused-ring (bicyclic) bond motifs is 2. The first-order chi connectivity index (χ1) is 10.2. The number of esters is 1. The van der Waals surface area contributed by atoms with Crippen molar-refractivity contribution in [3.63, 3.8) is 0 Å². The number of aromatic nitrogens is 1. The number of methoxy groups -OCH3 is 1. The van der Waals surface area contributed by atoms with Crippen LogP contribution in [0.1, 0.15) is 15.9 Å². The third kappa shape index (κ3) is 2.21. The first kappa shape index (κ1) is 13.8. The molecule has 0 radical (unpaired) electrons. The van der Waals surface area contributed by atoms with E-state index < -0.39 is 11.5 Å². The van der Waals surface area contributed by atoms with Crippen LogP contribution in [0.3, 0.4) is 0 Å². The number of carbonyl (C=O) groups excluding carboxylic acids is 1. The molecule has 1 aromatic heterocycles. The van der Waals surface area contributed by atoms with Gasteiger partial charge in [-0.25, -0.2) is 4.79 Å². The molecule has 7 heteroatoms. The van der Waals surface area contributed by atoms with Gasteiger partial charge in [0.15, 0.2) is 11.5 Å². The van der Waals surface area contributed by atoms with Crippen molar-refractivity contribution < 1.29 is 19.0 Å². The highest BCUT2D eigenvalue weighted by molar-refractivity contribution is 6.19. The van der Waals surface area contributed by atoms with Crippen LogP contribution in [0.25, 0.3) is 10.9 Å². The normalized spacial score (nSPS) is 13.2. The number of nitrogens with one attached hydrogen (secondary N) is 1. The maximum Gasteiger partial charge on any atom is 0.343 e. The van der Waals surface area contributed by atoms with Gasteiger partial charge in [0.1, 0.15) is 18.8 Å². The molecule has 0 saturated carbocycles. The Morgan fingerprint density at radius 2 is 2.00 bits per heavy atom. The summed E-state index contributed by atoms with van der Waals surface area (Å²) in [5.41, 5.74) is 0.324. The zero-order valence-corrected chi connectivity index (χ0v) is 12.0. The topological polar surface area (TPSA) is 77.6 Å². The molecular formula is C14H12ClNO5. The summed E-state index contributed by atoms with van der Waals surface area (Å²) in [5.74, 6) is 0.396. The molecule has 1 aliphatic heterocycles. The number of pyridine rings is 1. The Hall–Kier alpha value is -2.21. The SMILES string of the molecule is COC(=O)c1c(CCl)c2cc3c(cc2[nH]c1=O)OCCO3. The summed E-state index contributed by atoms with van der Waals surface area (Å²) in [5, 5.41) is 0.634. The minimum atomic E-state index is -0.719. The minimum Gasteiger partial charge on any atom is -0.486 e. The van der Waals surface area contributed by atoms with Gasteiger partial charge in [0.05, 0.1) is 12.6 Å². The fourth-order valence-corrected chi connectivity index (χ4v) is 2.63. The molecule has 0 unspecified atom stereocenters. The standard InChI is InChI=1S/C14H12ClNO5/c1-19-14(18)12-8(6-15)7-4-10-11(21-3-2-20-10)5-9(7)16-13(12)17/h4-5H,2-3,6H2,1H3,(H,16,17). The fraction of sp³-hybridized carbons (Fsp3) is 0.286. The van der Waals surface area contributed by atoms with Gasteiger partial charge in [-0.2, -0.15) is 0 Å². The van der Waals surface area contributed by atoms with Gasteiger partial charge >= 0.3 is 5.97 Å². The van der Waals surface area contributed by atoms with Crippen LogP contribution >= 0.6 is 11.6 Å². The van der Waals surface area contributed by atoms with E-state index in [1.165, 1.54) is 7.11 Å². The summed E-state index contributed by atoms with van der Waals surface area (Å²) in [7, 11) is 1.22. The molecule has 1 aliphatic rings. The monoisotopic (exact) mass is 309 g/mol. The number of ether oxygens (including phenoxy) is 3. The molecule has 6 nitrogen and oxygen atoms in total. The van der Waals surface area contributed by atoms with Crippen LogP contribution in [0.4, 0.5) is 0 Å². The van der Waals surface area contributed by atoms with E-state index in [2.05, 4.69) is 9.72 Å². The molecule has 21 heavy (non-hydrogen) atoms. The van der Waals surface area contributed by atoms with Crippen molar-refractivity contribution >= 4 is 28.5 Å². The van der Waals surface area contributed by atoms with Crippen molar-refractivity contribution in [3.8, 4) is 11.5 Å². The Morgan fingerprint density at radius 1 is 1.33 bits per heavy atom. The molecule has 0 bridgehead atoms. The Bertz CT molecular complexity index is 783. The number of hydrogen-bond donors (Lipinski definition) is 1. The Morgan fingerprint density at radius 3 is 2.62 bits per heavy atom. The van der Waals surface area contributed by atoms with Gasteiger partial charge in [0, 0.05) is 17.3 Å². The molecule has 1 aromatic carbocycles. The molecule has 110 valence electrons. The Labute approximate surface area is 124 Å². The molecule has 2 heterocycles. The highest BCUT2D eigenvalue weighted by Crippen LogP contribution is 2.35. The van der Waals surface area contributed by atoms with Crippen LogP contribution in [-0.4, -0.2) is 31.3 Å². The van der Waals surface area contributed by atoms with Gasteiger partial charge < -0.3 is 19.2 Å². The minimum absolute atomic E-state index is 0.00446. The zero-order valence-electron chi connectivity index (χ0n) is 11.2. The lowest BCUT2D eigenvalue weighted by molar-refractivity contribution is 0.0598. The van der Waals surface area contributed by atoms with Crippen LogP contribution in [0.5, 0.6) is 11.5 Å². The van der Waals surface area contributed by atoms with E-state index in [1.807, 2.05) is 0 Å². The van der Waals surface area contributed by atoms with Crippen LogP contribution in [0.15, 0.2) is 16.9 Å². The lowest BCUT2D eigenvalue weighted by Crippen LogP contribution is -2.22. The van der Waals surface area contributed by atoms with Crippen LogP contribution < -0.4 is 15.0 Å². The number of halogens is 1. The smallest absolute Gasteiger partial charge is 0.343 e. The average Bonchev–Trinajstić information content (AvgIpc) is 2.51. The van der Waals surface area contributed by atoms with Gasteiger partial charge in [-0.3, -0.25) is 4.79 Å². The molecule has 0 saturated heterocycles. The largest absolute Gasteiger partial charge is 0.486 e. The molecule has 0 fully saturated rings. The van der Waals surface area contributed by atoms with E-state index in [9.17, 15) is 9.59 Å². The van der Waals surface area contributed by atoms with E-state index >= 15 is 0 Å². The summed E-state index contributed by atoms with van der Waals surface area (Å²) in [6, 6.07) is 3.38. The molecule has 0 amide bonds. The first-order valence-corrected chi connectivity index (χ1v) is 6.82. The molecule has 2 aromatic rings. The van der Waals surface area contributed by atoms with E-state index in [1.54, 1.807) is 12.1 Å². The third-order valence-corrected chi connectivity index (χ3v) is 3.57. The predicted molar refractivity (Wildman–Crippen MR) is 76.5 cm³/mol. The van der Waals surface area contributed by atoms with Crippen molar-refractivity contribution in [1.82, 2.24) is 4.98 Å². The van der Waals surface area contributed by atoms with Gasteiger partial charge in [0.2, 0.25) is 0 Å². The number of aromatic amines is 1. The van der Waals surface area contributed by atoms with Crippen LogP contribution in [0, 0.1) is 0 Å². The van der Waals surface area contributed by atoms with E-state index in [-0.39, 0.29) is 11.4 Å². The van der Waals surface area contributed by atoms with E-state index in [0.717, 1.165) is 0 Å². The van der Waals surface area contributed by atoms with Crippen molar-refractivity contribution in [2.75, 3.05) is 20.3 Å². The van der Waals surface area contributed by atoms with Gasteiger partial charge in [0.25, 0.3) is 5.56 Å². The lowest BCUT2D eigenvalue weighted by atomic mass is 10.0. The maximum absolute atomic E-state index is 12.1. The Balaban J connectivity index is 2.34. The second kappa shape index (κ2) is 5.29. The number of alkyl halides is 1. The maximum atomic E-state index is 12.1. The molecule has 0 spiro atoms. The van der Waals surface area contributed by atoms with E-state index in [4.69, 9.17) is 21.1 Å². The van der Waals surface area contributed by atoms with Gasteiger partial charge in [-0.05, 0) is 11.6 Å². The molecule has 1 N–H and O–H groups in total. The summed E-state index contributed by atoms with van der Waals surface area (Å²) in [4.78, 5) is 26.5. The third-order valence-electron chi connectivity index (χ3n) is 3.31. The second-order valence-electron chi connectivity index (χ2n) is 4.47. The first-order valence-electron chi connectivity index (χ1n) is 6.28. The molecule has 0 aliphatic carbocycles. The van der Waals surface area contributed by atoms with Crippen molar-refractivity contribution in [1.29, 1.82) is 0 Å². The number of hydrogen-bond acceptors (Lipinski definition) is 5. The average molecular weight is 310 g/mol. The summed E-state index contributed by atoms with van der Waals surface area (Å²) in [6.07, 6.45) is 0. The van der Waals surface area contributed by atoms with Crippen molar-refractivity contribution in [2.45, 2.75) is 5.88 Å². The van der Waals surface area contributed by atoms with Gasteiger partial charge in [-0.1, -0.05) is 0 Å². The van der Waals surface area contributed by atoms with Crippen molar-refractivity contribution in [3.05, 3.63) is 33.6 Å². The number of rotatable bonds is 2. The quantitative estimate of drug-likeness (QED) is 0.676. The van der Waals surface area contributed by atoms with Crippen LogP contribution in [-0.2, 0) is 10.6 Å². The zero-order chi connectivity index (χ0) is 15.0. The summed E-state index contributed by atoms with van der Waals surface area (Å²) in [6.45, 7) is 0.896. The molecule has 3 rings (SSSR count). The van der Waals surface area contributed by atoms with Crippen molar-refractivity contribution in [2.24, 2.45) is 0 Å². The lowest BCUT2D eigenvalue weighted by Gasteiger charge is -2.19. The van der Waals surface area contributed by atoms with E-state index in [0.29, 0.717) is 41.2 Å². The number of H-pyrrole nitrogens is 1. The molecular weight excluding hydrogens is 298 g/mol. The Kier molecular flexibility index (Phi) is 3.47. The summed E-state index contributed by atoms with van der Waals surface area (Å²) >= 11 is 5.93. The highest BCUT2D eigenvalue weighted by Gasteiger charge is 2.22. The van der Waals surface area contributed by atoms with Crippen LogP contribution in [0.2, 0.25) is 0 Å². The van der Waals surface area contributed by atoms with Gasteiger partial charge in [-0.15, -0.1) is 11.6 Å². The highest BCUT2D eigenvalue weighted by atomic mass is 35.5. The second-order valence-corrected chi connectivity index (χ2v) is 4.74. The molecule has 0 atom stereocenters. The fourth-order valence-electron chi connectivity index (χ4n) is 2.36. The number of benzene rings is 1. The number of carbonyl (C=O) groups is 1.